The normalized spacial score (nSPS) is 16.9. The van der Waals surface area contributed by atoms with Crippen molar-refractivity contribution >= 4 is 67.3 Å². The molecule has 2 aliphatic rings. The number of anilines is 2. The van der Waals surface area contributed by atoms with Crippen molar-refractivity contribution in [2.45, 2.75) is 38.0 Å². The average molecular weight is 760 g/mol. The Morgan fingerprint density at radius 3 is 2.57 bits per heavy atom. The number of piperazine rings is 1. The number of halogens is 1. The summed E-state index contributed by atoms with van der Waals surface area (Å²) in [4.78, 5) is 26.6. The van der Waals surface area contributed by atoms with Crippen LogP contribution in [-0.2, 0) is 11.1 Å². The predicted octanol–water partition coefficient (Wildman–Crippen LogP) is 9.78. The van der Waals surface area contributed by atoms with Gasteiger partial charge in [-0.2, -0.15) is 0 Å². The third kappa shape index (κ3) is 7.65. The molecule has 11 heteroatoms. The number of H-pyrrole nitrogens is 1. The highest BCUT2D eigenvalue weighted by molar-refractivity contribution is 7.79. The first-order valence-electron chi connectivity index (χ1n) is 18.2. The maximum absolute atomic E-state index is 14.0. The van der Waals surface area contributed by atoms with E-state index < -0.39 is 17.0 Å². The van der Waals surface area contributed by atoms with E-state index in [0.29, 0.717) is 16.9 Å². The van der Waals surface area contributed by atoms with E-state index >= 15 is 0 Å². The molecule has 1 amide bonds. The fourth-order valence-corrected chi connectivity index (χ4v) is 8.51. The van der Waals surface area contributed by atoms with E-state index in [1.54, 1.807) is 30.5 Å². The summed E-state index contributed by atoms with van der Waals surface area (Å²) >= 11 is 3.90. The average Bonchev–Trinajstić information content (AvgIpc) is 3.64. The van der Waals surface area contributed by atoms with Crippen molar-refractivity contribution in [3.63, 3.8) is 0 Å². The fraction of sp³-hybridized carbons (Fsp3) is 0.256. The van der Waals surface area contributed by atoms with Gasteiger partial charge in [-0.25, -0.2) is 9.19 Å². The molecular weight excluding hydrogens is 718 g/mol. The Hall–Kier alpha value is -5.00. The zero-order valence-electron chi connectivity index (χ0n) is 30.3. The molecule has 2 aromatic heterocycles. The minimum absolute atomic E-state index is 0.147. The first kappa shape index (κ1) is 36.0. The summed E-state index contributed by atoms with van der Waals surface area (Å²) in [7, 11) is 0. The van der Waals surface area contributed by atoms with E-state index in [1.165, 1.54) is 23.1 Å². The van der Waals surface area contributed by atoms with Gasteiger partial charge in [0.15, 0.2) is 11.1 Å². The second-order valence-corrected chi connectivity index (χ2v) is 16.3. The van der Waals surface area contributed by atoms with Crippen molar-refractivity contribution in [1.29, 1.82) is 0 Å². The summed E-state index contributed by atoms with van der Waals surface area (Å²) in [5.41, 5.74) is 6.73. The Morgan fingerprint density at radius 1 is 0.981 bits per heavy atom. The van der Waals surface area contributed by atoms with Crippen LogP contribution in [-0.4, -0.2) is 62.3 Å². The number of fused-ring (bicyclic) bond motifs is 2. The van der Waals surface area contributed by atoms with E-state index in [9.17, 15) is 13.6 Å². The molecule has 0 spiro atoms. The van der Waals surface area contributed by atoms with E-state index in [-0.39, 0.29) is 21.6 Å². The largest absolute Gasteiger partial charge is 0.455 e. The number of nitrogens with one attached hydrogen (secondary N) is 2. The Labute approximate surface area is 322 Å². The predicted molar refractivity (Wildman–Crippen MR) is 218 cm³/mol. The Kier molecular flexibility index (Phi) is 10.0. The molecule has 1 saturated heterocycles. The molecule has 276 valence electrons. The first-order chi connectivity index (χ1) is 26.1. The van der Waals surface area contributed by atoms with Crippen LogP contribution in [0.1, 0.15) is 49.0 Å². The molecule has 6 aromatic rings. The molecule has 8 rings (SSSR count). The van der Waals surface area contributed by atoms with Crippen LogP contribution in [0.3, 0.4) is 0 Å². The number of rotatable bonds is 9. The number of hydrogen-bond donors (Lipinski definition) is 3. The lowest BCUT2D eigenvalue weighted by molar-refractivity contribution is 0.102. The third-order valence-electron chi connectivity index (χ3n) is 10.6. The number of ether oxygens (including phenoxy) is 1. The number of benzene rings is 4. The lowest BCUT2D eigenvalue weighted by Gasteiger charge is -2.39. The Morgan fingerprint density at radius 2 is 1.78 bits per heavy atom. The van der Waals surface area contributed by atoms with Gasteiger partial charge in [-0.1, -0.05) is 73.5 Å². The van der Waals surface area contributed by atoms with Gasteiger partial charge in [-0.15, -0.1) is 0 Å². The summed E-state index contributed by atoms with van der Waals surface area (Å²) in [5.74, 6) is 0.389. The lowest BCUT2D eigenvalue weighted by atomic mass is 9.72. The standard InChI is InChI=1S/C43H42ClN5O4S/c1-43(2)17-15-31(37(25-43)29-7-10-32(44)11-8-29)27-48-19-21-49(22-20-48)33-12-13-36(39(24-33)53-34-23-30-16-18-45-41(30)46-26-34)42(50)47-38-14-9-28-5-3-4-6-35(28)40(38)54(51)52/h3-14,16,18,23-24,26H,15,17,19-22,25,27H2,1-2H3,(H,45,46)(H,47,50)(H,51,52). The molecular formula is C43H42ClN5O4S. The number of nitrogens with zero attached hydrogens (tertiary/aromatic N) is 3. The number of allylic oxidation sites excluding steroid dienone is 1. The molecule has 1 fully saturated rings. The third-order valence-corrected chi connectivity index (χ3v) is 11.7. The van der Waals surface area contributed by atoms with Crippen LogP contribution >= 0.6 is 11.6 Å². The highest BCUT2D eigenvalue weighted by Gasteiger charge is 2.30. The minimum atomic E-state index is -2.34. The molecule has 4 aromatic carbocycles. The molecule has 0 radical (unpaired) electrons. The summed E-state index contributed by atoms with van der Waals surface area (Å²) in [6.45, 7) is 9.10. The van der Waals surface area contributed by atoms with Crippen molar-refractivity contribution in [2.24, 2.45) is 5.41 Å². The second kappa shape index (κ2) is 15.0. The summed E-state index contributed by atoms with van der Waals surface area (Å²) in [6.07, 6.45) is 6.76. The van der Waals surface area contributed by atoms with Gasteiger partial charge in [-0.3, -0.25) is 9.69 Å². The van der Waals surface area contributed by atoms with Crippen molar-refractivity contribution < 1.29 is 18.3 Å². The maximum atomic E-state index is 14.0. The van der Waals surface area contributed by atoms with Crippen molar-refractivity contribution in [2.75, 3.05) is 42.9 Å². The molecule has 1 unspecified atom stereocenters. The smallest absolute Gasteiger partial charge is 0.259 e. The highest BCUT2D eigenvalue weighted by atomic mass is 35.5. The Bertz CT molecular complexity index is 2420. The van der Waals surface area contributed by atoms with Gasteiger partial charge in [0, 0.05) is 66.5 Å². The molecule has 1 aliphatic heterocycles. The number of hydrogen-bond acceptors (Lipinski definition) is 6. The van der Waals surface area contributed by atoms with E-state index in [1.807, 2.05) is 60.8 Å². The maximum Gasteiger partial charge on any atom is 0.259 e. The monoisotopic (exact) mass is 759 g/mol. The zero-order chi connectivity index (χ0) is 37.4. The molecule has 3 N–H and O–H groups in total. The summed E-state index contributed by atoms with van der Waals surface area (Å²) in [6, 6.07) is 28.5. The van der Waals surface area contributed by atoms with Gasteiger partial charge >= 0.3 is 0 Å². The van der Waals surface area contributed by atoms with E-state index in [2.05, 4.69) is 51.1 Å². The van der Waals surface area contributed by atoms with Gasteiger partial charge in [0.1, 0.15) is 17.1 Å². The number of carbonyl (C=O) groups is 1. The minimum Gasteiger partial charge on any atom is -0.455 e. The second-order valence-electron chi connectivity index (χ2n) is 14.9. The van der Waals surface area contributed by atoms with Gasteiger partial charge in [0.25, 0.3) is 5.91 Å². The number of aromatic nitrogens is 2. The van der Waals surface area contributed by atoms with Crippen LogP contribution in [0.4, 0.5) is 11.4 Å². The van der Waals surface area contributed by atoms with Gasteiger partial charge in [0.05, 0.1) is 22.3 Å². The van der Waals surface area contributed by atoms with Crippen LogP contribution in [0, 0.1) is 5.41 Å². The quantitative estimate of drug-likeness (QED) is 0.126. The SMILES string of the molecule is CC1(C)CCC(CN2CCN(c3ccc(C(=O)Nc4ccc5ccccc5c4S(=O)O)c(Oc4cnc5[nH]ccc5c4)c3)CC2)=C(c2ccc(Cl)cc2)C1. The first-order valence-corrected chi connectivity index (χ1v) is 19.7. The molecule has 1 atom stereocenters. The van der Waals surface area contributed by atoms with E-state index in [4.69, 9.17) is 16.3 Å². The van der Waals surface area contributed by atoms with Crippen LogP contribution in [0.25, 0.3) is 27.4 Å². The highest BCUT2D eigenvalue weighted by Crippen LogP contribution is 2.43. The van der Waals surface area contributed by atoms with Crippen molar-refractivity contribution in [3.8, 4) is 11.5 Å². The number of carbonyl (C=O) groups excluding carboxylic acids is 1. The van der Waals surface area contributed by atoms with Crippen LogP contribution in [0.5, 0.6) is 11.5 Å². The molecule has 1 aliphatic carbocycles. The molecule has 3 heterocycles. The van der Waals surface area contributed by atoms with Crippen LogP contribution < -0.4 is 15.0 Å². The summed E-state index contributed by atoms with van der Waals surface area (Å²) in [5, 5.41) is 5.93. The van der Waals surface area contributed by atoms with Crippen LogP contribution in [0.15, 0.2) is 114 Å². The zero-order valence-corrected chi connectivity index (χ0v) is 31.8. The summed E-state index contributed by atoms with van der Waals surface area (Å²) < 4.78 is 29.2. The topological polar surface area (TPSA) is 111 Å². The van der Waals surface area contributed by atoms with Crippen molar-refractivity contribution in [3.05, 3.63) is 125 Å². The Balaban J connectivity index is 1.04. The molecule has 9 nitrogen and oxygen atoms in total. The van der Waals surface area contributed by atoms with Gasteiger partial charge in [0.2, 0.25) is 0 Å². The van der Waals surface area contributed by atoms with E-state index in [0.717, 1.165) is 72.7 Å². The van der Waals surface area contributed by atoms with Gasteiger partial charge < -0.3 is 24.5 Å². The lowest BCUT2D eigenvalue weighted by Crippen LogP contribution is -2.47. The number of aromatic amines is 1. The number of pyridine rings is 1. The molecule has 54 heavy (non-hydrogen) atoms. The fourth-order valence-electron chi connectivity index (χ4n) is 7.70. The molecule has 0 saturated carbocycles. The number of amides is 1. The van der Waals surface area contributed by atoms with Gasteiger partial charge in [-0.05, 0) is 83.7 Å². The van der Waals surface area contributed by atoms with Crippen molar-refractivity contribution in [1.82, 2.24) is 14.9 Å². The van der Waals surface area contributed by atoms with Crippen LogP contribution in [0.2, 0.25) is 5.02 Å². The molecule has 0 bridgehead atoms.